The minimum Gasteiger partial charge on any atom is -0.457 e. The monoisotopic (exact) mass is 332 g/mol. The second-order valence-electron chi connectivity index (χ2n) is 5.71. The van der Waals surface area contributed by atoms with E-state index in [2.05, 4.69) is 10.1 Å². The van der Waals surface area contributed by atoms with Crippen LogP contribution in [0.4, 0.5) is 5.69 Å². The first-order valence-electron chi connectivity index (χ1n) is 7.80. The molecule has 0 radical (unpaired) electrons. The molecule has 0 spiro atoms. The number of benzene rings is 2. The summed E-state index contributed by atoms with van der Waals surface area (Å²) in [6.45, 7) is 0. The first kappa shape index (κ1) is 15.0. The molecule has 2 aromatic heterocycles. The van der Waals surface area contributed by atoms with Crippen LogP contribution in [0.25, 0.3) is 22.2 Å². The molecule has 0 unspecified atom stereocenters. The van der Waals surface area contributed by atoms with E-state index in [1.807, 2.05) is 42.5 Å². The van der Waals surface area contributed by atoms with Crippen LogP contribution in [-0.2, 0) is 7.05 Å². The lowest BCUT2D eigenvalue weighted by atomic mass is 10.1. The highest BCUT2D eigenvalue weighted by atomic mass is 16.5. The van der Waals surface area contributed by atoms with E-state index in [9.17, 15) is 4.79 Å². The molecule has 0 fully saturated rings. The normalized spacial score (nSPS) is 10.9. The average molecular weight is 332 g/mol. The first-order valence-corrected chi connectivity index (χ1v) is 7.80. The van der Waals surface area contributed by atoms with Crippen molar-refractivity contribution in [3.05, 3.63) is 71.1 Å². The fourth-order valence-electron chi connectivity index (χ4n) is 2.79. The third-order valence-electron chi connectivity index (χ3n) is 3.99. The van der Waals surface area contributed by atoms with Gasteiger partial charge in [-0.15, -0.1) is 0 Å². The molecular formula is C19H16N4O2. The van der Waals surface area contributed by atoms with E-state index in [1.165, 1.54) is 4.68 Å². The molecule has 0 atom stereocenters. The Morgan fingerprint density at radius 1 is 1.12 bits per heavy atom. The summed E-state index contributed by atoms with van der Waals surface area (Å²) >= 11 is 0. The van der Waals surface area contributed by atoms with Crippen LogP contribution in [0.1, 0.15) is 0 Å². The zero-order valence-electron chi connectivity index (χ0n) is 13.6. The van der Waals surface area contributed by atoms with E-state index >= 15 is 0 Å². The van der Waals surface area contributed by atoms with Crippen molar-refractivity contribution in [1.82, 2.24) is 14.8 Å². The number of nitrogens with one attached hydrogen (secondary N) is 1. The maximum absolute atomic E-state index is 12.2. The van der Waals surface area contributed by atoms with E-state index in [0.29, 0.717) is 28.4 Å². The van der Waals surface area contributed by atoms with Crippen molar-refractivity contribution < 1.29 is 4.74 Å². The van der Waals surface area contributed by atoms with Gasteiger partial charge in [0, 0.05) is 29.9 Å². The number of aromatic nitrogens is 3. The molecule has 2 heterocycles. The minimum absolute atomic E-state index is 0.182. The van der Waals surface area contributed by atoms with Crippen LogP contribution in [0.5, 0.6) is 11.5 Å². The Kier molecular flexibility index (Phi) is 3.50. The van der Waals surface area contributed by atoms with E-state index in [-0.39, 0.29) is 5.56 Å². The fraction of sp³-hybridized carbons (Fsp3) is 0.0526. The van der Waals surface area contributed by atoms with Gasteiger partial charge in [0.25, 0.3) is 5.56 Å². The van der Waals surface area contributed by atoms with Crippen LogP contribution in [0.3, 0.4) is 0 Å². The topological polar surface area (TPSA) is 85.9 Å². The number of ether oxygens (including phenoxy) is 1. The molecule has 6 nitrogen and oxygen atoms in total. The number of rotatable bonds is 3. The van der Waals surface area contributed by atoms with Gasteiger partial charge in [-0.05, 0) is 36.4 Å². The van der Waals surface area contributed by atoms with Gasteiger partial charge in [-0.1, -0.05) is 18.2 Å². The van der Waals surface area contributed by atoms with Gasteiger partial charge in [-0.3, -0.25) is 4.79 Å². The average Bonchev–Trinajstić information content (AvgIpc) is 3.11. The van der Waals surface area contributed by atoms with Crippen LogP contribution in [0, 0.1) is 0 Å². The third kappa shape index (κ3) is 2.63. The summed E-state index contributed by atoms with van der Waals surface area (Å²) in [4.78, 5) is 15.2. The van der Waals surface area contributed by atoms with Crippen molar-refractivity contribution in [2.24, 2.45) is 7.05 Å². The van der Waals surface area contributed by atoms with Crippen LogP contribution < -0.4 is 16.0 Å². The van der Waals surface area contributed by atoms with E-state index in [4.69, 9.17) is 10.5 Å². The Hall–Kier alpha value is -3.54. The molecule has 0 aliphatic heterocycles. The number of nitrogens with zero attached hydrogens (tertiary/aromatic N) is 2. The van der Waals surface area contributed by atoms with E-state index in [0.717, 1.165) is 10.9 Å². The van der Waals surface area contributed by atoms with Gasteiger partial charge in [-0.25, -0.2) is 4.68 Å². The number of para-hydroxylation sites is 1. The Morgan fingerprint density at radius 3 is 2.72 bits per heavy atom. The second kappa shape index (κ2) is 5.83. The Bertz CT molecular complexity index is 1110. The lowest BCUT2D eigenvalue weighted by Crippen LogP contribution is -2.20. The zero-order chi connectivity index (χ0) is 17.4. The molecule has 25 heavy (non-hydrogen) atoms. The predicted molar refractivity (Wildman–Crippen MR) is 97.7 cm³/mol. The molecule has 2 aromatic carbocycles. The Balaban J connectivity index is 1.94. The number of anilines is 1. The number of nitrogens with two attached hydrogens (primary N) is 1. The van der Waals surface area contributed by atoms with E-state index < -0.39 is 0 Å². The number of hydrogen-bond donors (Lipinski definition) is 2. The Labute approximate surface area is 143 Å². The molecule has 6 heteroatoms. The number of hydrogen-bond acceptors (Lipinski definition) is 4. The predicted octanol–water partition coefficient (Wildman–Crippen LogP) is 3.30. The maximum atomic E-state index is 12.2. The molecule has 0 bridgehead atoms. The van der Waals surface area contributed by atoms with Crippen LogP contribution in [-0.4, -0.2) is 14.8 Å². The van der Waals surface area contributed by atoms with Gasteiger partial charge < -0.3 is 15.5 Å². The lowest BCUT2D eigenvalue weighted by molar-refractivity contribution is 0.484. The summed E-state index contributed by atoms with van der Waals surface area (Å²) in [5.74, 6) is 1.33. The molecule has 0 aliphatic carbocycles. The molecule has 124 valence electrons. The van der Waals surface area contributed by atoms with Gasteiger partial charge >= 0.3 is 0 Å². The minimum atomic E-state index is -0.182. The molecule has 4 rings (SSSR count). The molecular weight excluding hydrogens is 316 g/mol. The van der Waals surface area contributed by atoms with Gasteiger partial charge in [0.2, 0.25) is 0 Å². The summed E-state index contributed by atoms with van der Waals surface area (Å²) in [6.07, 6.45) is 1.72. The Morgan fingerprint density at radius 2 is 1.92 bits per heavy atom. The summed E-state index contributed by atoms with van der Waals surface area (Å²) in [5, 5.41) is 5.16. The number of H-pyrrole nitrogens is 1. The van der Waals surface area contributed by atoms with Gasteiger partial charge in [0.05, 0.1) is 0 Å². The van der Waals surface area contributed by atoms with Crippen molar-refractivity contribution in [2.45, 2.75) is 0 Å². The fourth-order valence-corrected chi connectivity index (χ4v) is 2.79. The van der Waals surface area contributed by atoms with Crippen molar-refractivity contribution >= 4 is 16.6 Å². The zero-order valence-corrected chi connectivity index (χ0v) is 13.6. The van der Waals surface area contributed by atoms with Gasteiger partial charge in [0.15, 0.2) is 0 Å². The van der Waals surface area contributed by atoms with Crippen molar-refractivity contribution in [3.63, 3.8) is 0 Å². The summed E-state index contributed by atoms with van der Waals surface area (Å²) in [6, 6.07) is 16.7. The standard InChI is InChI=1S/C19H16N4O2/c1-23-19(24)18-14(9-10-21-18)17(22-23)15-11-12(20)7-8-16(15)25-13-5-3-2-4-6-13/h2-11,21H,20H2,1H3. The lowest BCUT2D eigenvalue weighted by Gasteiger charge is -2.13. The smallest absolute Gasteiger partial charge is 0.290 e. The van der Waals surface area contributed by atoms with Crippen molar-refractivity contribution in [1.29, 1.82) is 0 Å². The molecule has 4 aromatic rings. The number of aryl methyl sites for hydroxylation is 1. The summed E-state index contributed by atoms with van der Waals surface area (Å²) in [7, 11) is 1.62. The quantitative estimate of drug-likeness (QED) is 0.564. The molecule has 3 N–H and O–H groups in total. The molecule has 0 aliphatic rings. The number of aromatic amines is 1. The maximum Gasteiger partial charge on any atom is 0.290 e. The largest absolute Gasteiger partial charge is 0.457 e. The highest BCUT2D eigenvalue weighted by Crippen LogP contribution is 2.36. The first-order chi connectivity index (χ1) is 12.1. The molecule has 0 saturated heterocycles. The molecule has 0 saturated carbocycles. The van der Waals surface area contributed by atoms with Crippen molar-refractivity contribution in [2.75, 3.05) is 5.73 Å². The molecule has 0 amide bonds. The van der Waals surface area contributed by atoms with Crippen LogP contribution >= 0.6 is 0 Å². The summed E-state index contributed by atoms with van der Waals surface area (Å²) < 4.78 is 7.33. The van der Waals surface area contributed by atoms with Crippen molar-refractivity contribution in [3.8, 4) is 22.8 Å². The number of fused-ring (bicyclic) bond motifs is 1. The summed E-state index contributed by atoms with van der Waals surface area (Å²) in [5.41, 5.74) is 8.26. The number of nitrogen functional groups attached to an aromatic ring is 1. The van der Waals surface area contributed by atoms with E-state index in [1.54, 1.807) is 25.4 Å². The highest BCUT2D eigenvalue weighted by molar-refractivity contribution is 5.94. The van der Waals surface area contributed by atoms with Gasteiger partial charge in [-0.2, -0.15) is 5.10 Å². The van der Waals surface area contributed by atoms with Crippen LogP contribution in [0.15, 0.2) is 65.6 Å². The van der Waals surface area contributed by atoms with Gasteiger partial charge in [0.1, 0.15) is 22.7 Å². The highest BCUT2D eigenvalue weighted by Gasteiger charge is 2.16. The second-order valence-corrected chi connectivity index (χ2v) is 5.71. The van der Waals surface area contributed by atoms with Crippen LogP contribution in [0.2, 0.25) is 0 Å². The SMILES string of the molecule is Cn1nc(-c2cc(N)ccc2Oc2ccccc2)c2cc[nH]c2c1=O. The third-order valence-corrected chi connectivity index (χ3v) is 3.99.